The van der Waals surface area contributed by atoms with E-state index >= 15 is 0 Å². The van der Waals surface area contributed by atoms with Crippen LogP contribution in [0, 0.1) is 0 Å². The molecule has 2 aromatic rings. The second-order valence-electron chi connectivity index (χ2n) is 7.08. The number of benzene rings is 1. The number of rotatable bonds is 7. The van der Waals surface area contributed by atoms with Gasteiger partial charge < -0.3 is 19.5 Å². The van der Waals surface area contributed by atoms with E-state index in [1.165, 1.54) is 17.8 Å². The van der Waals surface area contributed by atoms with Crippen LogP contribution in [0.4, 0.5) is 9.80 Å². The maximum Gasteiger partial charge on any atom is 0.341 e. The number of anilines is 1. The van der Waals surface area contributed by atoms with E-state index in [0.29, 0.717) is 27.6 Å². The Morgan fingerprint density at radius 2 is 1.83 bits per heavy atom. The van der Waals surface area contributed by atoms with Crippen molar-refractivity contribution in [1.29, 1.82) is 0 Å². The third kappa shape index (κ3) is 5.05. The lowest BCUT2D eigenvalue weighted by atomic mass is 9.96. The Hall–Kier alpha value is -2.74. The zero-order chi connectivity index (χ0) is 21.5. The molecule has 8 heteroatoms. The van der Waals surface area contributed by atoms with E-state index in [2.05, 4.69) is 10.6 Å². The molecule has 0 saturated heterocycles. The number of urea groups is 1. The van der Waals surface area contributed by atoms with E-state index in [4.69, 9.17) is 14.2 Å². The van der Waals surface area contributed by atoms with Gasteiger partial charge in [-0.15, -0.1) is 11.3 Å². The number of nitrogens with one attached hydrogen (secondary N) is 2. The van der Waals surface area contributed by atoms with E-state index in [1.807, 2.05) is 11.4 Å². The van der Waals surface area contributed by atoms with Crippen molar-refractivity contribution < 1.29 is 23.8 Å². The van der Waals surface area contributed by atoms with Crippen LogP contribution in [0.2, 0.25) is 0 Å². The molecule has 2 N–H and O–H groups in total. The first-order valence-corrected chi connectivity index (χ1v) is 11.0. The van der Waals surface area contributed by atoms with Crippen molar-refractivity contribution in [2.45, 2.75) is 45.1 Å². The molecule has 1 aromatic heterocycles. The minimum atomic E-state index is -0.475. The number of ether oxygens (including phenoxy) is 3. The van der Waals surface area contributed by atoms with Crippen molar-refractivity contribution in [1.82, 2.24) is 5.32 Å². The normalized spacial score (nSPS) is 14.1. The summed E-state index contributed by atoms with van der Waals surface area (Å²) in [5.41, 5.74) is 1.79. The highest BCUT2D eigenvalue weighted by atomic mass is 32.1. The Morgan fingerprint density at radius 3 is 2.50 bits per heavy atom. The second-order valence-corrected chi connectivity index (χ2v) is 7.96. The third-order valence-electron chi connectivity index (χ3n) is 5.13. The minimum Gasteiger partial charge on any atom is -0.493 e. The summed E-state index contributed by atoms with van der Waals surface area (Å²) in [6.45, 7) is 2.00. The average molecular weight is 433 g/mol. The Kier molecular flexibility index (Phi) is 7.57. The first-order valence-electron chi connectivity index (χ1n) is 10.2. The topological polar surface area (TPSA) is 85.9 Å². The van der Waals surface area contributed by atoms with E-state index in [9.17, 15) is 9.59 Å². The van der Waals surface area contributed by atoms with Crippen LogP contribution in [-0.2, 0) is 4.74 Å². The van der Waals surface area contributed by atoms with Gasteiger partial charge in [0.1, 0.15) is 10.6 Å². The molecule has 162 valence electrons. The smallest absolute Gasteiger partial charge is 0.341 e. The fourth-order valence-corrected chi connectivity index (χ4v) is 4.60. The largest absolute Gasteiger partial charge is 0.493 e. The van der Waals surface area contributed by atoms with Gasteiger partial charge >= 0.3 is 12.0 Å². The predicted molar refractivity (Wildman–Crippen MR) is 118 cm³/mol. The molecule has 0 bridgehead atoms. The lowest BCUT2D eigenvalue weighted by molar-refractivity contribution is 0.0529. The molecule has 7 nitrogen and oxygen atoms in total. The highest BCUT2D eigenvalue weighted by Gasteiger charge is 2.24. The number of carbonyl (C=O) groups excluding carboxylic acids is 2. The van der Waals surface area contributed by atoms with Gasteiger partial charge in [0.05, 0.1) is 20.8 Å². The summed E-state index contributed by atoms with van der Waals surface area (Å²) in [4.78, 5) is 25.3. The Labute approximate surface area is 180 Å². The molecule has 0 spiro atoms. The molecule has 1 aliphatic carbocycles. The molecule has 30 heavy (non-hydrogen) atoms. The first-order chi connectivity index (χ1) is 14.6. The maximum atomic E-state index is 12.7. The van der Waals surface area contributed by atoms with Crippen molar-refractivity contribution in [3.05, 3.63) is 29.1 Å². The number of thiophene rings is 1. The molecule has 3 rings (SSSR count). The molecule has 0 aliphatic heterocycles. The van der Waals surface area contributed by atoms with Crippen LogP contribution < -0.4 is 20.1 Å². The van der Waals surface area contributed by atoms with Gasteiger partial charge in [-0.25, -0.2) is 9.59 Å². The summed E-state index contributed by atoms with van der Waals surface area (Å²) in [5.74, 6) is 0.677. The van der Waals surface area contributed by atoms with E-state index in [0.717, 1.165) is 31.2 Å². The van der Waals surface area contributed by atoms with E-state index in [1.54, 1.807) is 33.3 Å². The van der Waals surface area contributed by atoms with Gasteiger partial charge in [-0.1, -0.05) is 25.3 Å². The first kappa shape index (κ1) is 22.0. The number of hydrogen-bond donors (Lipinski definition) is 2. The molecule has 1 heterocycles. The van der Waals surface area contributed by atoms with Crippen LogP contribution in [0.25, 0.3) is 11.1 Å². The molecule has 1 aromatic carbocycles. The van der Waals surface area contributed by atoms with Crippen LogP contribution in [0.3, 0.4) is 0 Å². The number of amides is 2. The fraction of sp³-hybridized carbons (Fsp3) is 0.455. The monoisotopic (exact) mass is 432 g/mol. The minimum absolute atomic E-state index is 0.176. The number of esters is 1. The number of methoxy groups -OCH3 is 2. The number of carbonyl (C=O) groups is 2. The molecule has 2 amide bonds. The highest BCUT2D eigenvalue weighted by molar-refractivity contribution is 7.15. The van der Waals surface area contributed by atoms with E-state index < -0.39 is 5.97 Å². The molecular formula is C22H28N2O5S. The summed E-state index contributed by atoms with van der Waals surface area (Å²) in [5, 5.41) is 8.17. The van der Waals surface area contributed by atoms with Gasteiger partial charge in [0.25, 0.3) is 0 Å². The average Bonchev–Trinajstić information content (AvgIpc) is 3.17. The summed E-state index contributed by atoms with van der Waals surface area (Å²) in [6, 6.07) is 5.31. The summed E-state index contributed by atoms with van der Waals surface area (Å²) in [7, 11) is 3.13. The molecule has 0 unspecified atom stereocenters. The van der Waals surface area contributed by atoms with Crippen molar-refractivity contribution >= 4 is 28.3 Å². The molecule has 0 radical (unpaired) electrons. The van der Waals surface area contributed by atoms with Crippen LogP contribution in [0.5, 0.6) is 11.5 Å². The van der Waals surface area contributed by atoms with Gasteiger partial charge in [-0.05, 0) is 37.5 Å². The molecule has 1 saturated carbocycles. The fourth-order valence-electron chi connectivity index (χ4n) is 3.64. The zero-order valence-corrected chi connectivity index (χ0v) is 18.4. The molecule has 1 aliphatic rings. The van der Waals surface area contributed by atoms with Crippen LogP contribution in [0.15, 0.2) is 23.6 Å². The van der Waals surface area contributed by atoms with Crippen molar-refractivity contribution in [3.8, 4) is 22.6 Å². The van der Waals surface area contributed by atoms with Crippen LogP contribution >= 0.6 is 11.3 Å². The van der Waals surface area contributed by atoms with Gasteiger partial charge in [-0.3, -0.25) is 5.32 Å². The Balaban J connectivity index is 1.88. The van der Waals surface area contributed by atoms with Gasteiger partial charge in [0, 0.05) is 17.0 Å². The standard InChI is InChI=1S/C22H28N2O5S/c1-4-29-21(25)19-16(14-10-11-17(27-2)18(12-14)28-3)13-30-20(19)24-22(26)23-15-8-6-5-7-9-15/h10-13,15H,4-9H2,1-3H3,(H2,23,24,26). The van der Waals surface area contributed by atoms with Crippen LogP contribution in [0.1, 0.15) is 49.4 Å². The van der Waals surface area contributed by atoms with Crippen molar-refractivity contribution in [2.24, 2.45) is 0 Å². The molecule has 1 fully saturated rings. The zero-order valence-electron chi connectivity index (χ0n) is 17.6. The van der Waals surface area contributed by atoms with Gasteiger partial charge in [0.15, 0.2) is 11.5 Å². The van der Waals surface area contributed by atoms with E-state index in [-0.39, 0.29) is 18.7 Å². The van der Waals surface area contributed by atoms with Crippen molar-refractivity contribution in [3.63, 3.8) is 0 Å². The maximum absolute atomic E-state index is 12.7. The number of hydrogen-bond acceptors (Lipinski definition) is 6. The van der Waals surface area contributed by atoms with Crippen LogP contribution in [-0.4, -0.2) is 38.9 Å². The second kappa shape index (κ2) is 10.3. The predicted octanol–water partition coefficient (Wildman–Crippen LogP) is 5.06. The quantitative estimate of drug-likeness (QED) is 0.597. The van der Waals surface area contributed by atoms with Gasteiger partial charge in [0.2, 0.25) is 0 Å². The summed E-state index contributed by atoms with van der Waals surface area (Å²) in [6.07, 6.45) is 5.44. The summed E-state index contributed by atoms with van der Waals surface area (Å²) < 4.78 is 15.9. The van der Waals surface area contributed by atoms with Crippen molar-refractivity contribution in [2.75, 3.05) is 26.1 Å². The molecule has 0 atom stereocenters. The highest BCUT2D eigenvalue weighted by Crippen LogP contribution is 2.39. The summed E-state index contributed by atoms with van der Waals surface area (Å²) >= 11 is 1.29. The molecular weight excluding hydrogens is 404 g/mol. The SMILES string of the molecule is CCOC(=O)c1c(-c2ccc(OC)c(OC)c2)csc1NC(=O)NC1CCCCC1. The lowest BCUT2D eigenvalue weighted by Crippen LogP contribution is -2.39. The third-order valence-corrected chi connectivity index (χ3v) is 6.03. The Bertz CT molecular complexity index is 890. The Morgan fingerprint density at radius 1 is 1.10 bits per heavy atom. The van der Waals surface area contributed by atoms with Gasteiger partial charge in [-0.2, -0.15) is 0 Å². The lowest BCUT2D eigenvalue weighted by Gasteiger charge is -2.22.